The summed E-state index contributed by atoms with van der Waals surface area (Å²) in [6.45, 7) is -0.402. The lowest BCUT2D eigenvalue weighted by atomic mass is 10.2. The number of rotatable bonds is 5. The Hall–Kier alpha value is -2.51. The van der Waals surface area contributed by atoms with E-state index in [4.69, 9.17) is 9.25 Å². The van der Waals surface area contributed by atoms with Crippen molar-refractivity contribution in [1.82, 2.24) is 5.32 Å². The monoisotopic (exact) mass is 314 g/mol. The molecule has 1 N–H and O–H groups in total. The zero-order chi connectivity index (χ0) is 16.2. The van der Waals surface area contributed by atoms with E-state index in [1.54, 1.807) is 24.4 Å². The molecule has 1 amide bonds. The molecule has 1 aromatic carbocycles. The Morgan fingerprint density at radius 2 is 2.09 bits per heavy atom. The van der Waals surface area contributed by atoms with E-state index in [2.05, 4.69) is 5.16 Å². The maximum atomic E-state index is 11.9. The number of hydrogen-bond donors (Lipinski definition) is 1. The molecule has 0 aliphatic heterocycles. The molecule has 0 saturated heterocycles. The number of nitrogens with one attached hydrogen (secondary N) is 1. The molecule has 2 aromatic rings. The molecule has 5 nitrogen and oxygen atoms in total. The second kappa shape index (κ2) is 6.50. The second-order valence-electron chi connectivity index (χ2n) is 4.49. The van der Waals surface area contributed by atoms with E-state index < -0.39 is 25.2 Å². The Kier molecular flexibility index (Phi) is 4.69. The van der Waals surface area contributed by atoms with Crippen molar-refractivity contribution in [2.24, 2.45) is 5.16 Å². The van der Waals surface area contributed by atoms with Gasteiger partial charge in [0.05, 0.1) is 0 Å². The normalized spacial score (nSPS) is 12.5. The zero-order valence-electron chi connectivity index (χ0n) is 11.6. The van der Waals surface area contributed by atoms with Crippen LogP contribution in [0.3, 0.4) is 0 Å². The van der Waals surface area contributed by atoms with Crippen LogP contribution in [0, 0.1) is 0 Å². The van der Waals surface area contributed by atoms with Crippen LogP contribution >= 0.6 is 0 Å². The molecule has 0 spiro atoms. The Morgan fingerprint density at radius 3 is 2.77 bits per heavy atom. The summed E-state index contributed by atoms with van der Waals surface area (Å²) in [5.74, 6) is -0.449. The molecule has 22 heavy (non-hydrogen) atoms. The molecule has 8 heteroatoms. The molecule has 0 bridgehead atoms. The molecule has 0 aliphatic rings. The van der Waals surface area contributed by atoms with Gasteiger partial charge in [-0.05, 0) is 19.1 Å². The number of benzene rings is 1. The molecule has 2 rings (SSSR count). The van der Waals surface area contributed by atoms with Gasteiger partial charge in [0.15, 0.2) is 12.4 Å². The fourth-order valence-corrected chi connectivity index (χ4v) is 1.64. The van der Waals surface area contributed by atoms with Crippen LogP contribution in [0.25, 0.3) is 11.0 Å². The fraction of sp³-hybridized carbons (Fsp3) is 0.286. The van der Waals surface area contributed by atoms with Gasteiger partial charge in [-0.1, -0.05) is 23.4 Å². The summed E-state index contributed by atoms with van der Waals surface area (Å²) in [4.78, 5) is 15.8. The third kappa shape index (κ3) is 4.51. The third-order valence-corrected chi connectivity index (χ3v) is 2.67. The number of hydrogen-bond acceptors (Lipinski definition) is 4. The van der Waals surface area contributed by atoms with Crippen molar-refractivity contribution >= 4 is 22.6 Å². The van der Waals surface area contributed by atoms with Crippen LogP contribution in [0.5, 0.6) is 0 Å². The first-order valence-corrected chi connectivity index (χ1v) is 6.34. The molecule has 0 saturated carbocycles. The molecule has 0 atom stereocenters. The van der Waals surface area contributed by atoms with E-state index in [1.165, 1.54) is 0 Å². The van der Waals surface area contributed by atoms with Gasteiger partial charge in [0, 0.05) is 5.39 Å². The molecule has 0 fully saturated rings. The van der Waals surface area contributed by atoms with Crippen molar-refractivity contribution in [3.8, 4) is 0 Å². The predicted molar refractivity (Wildman–Crippen MR) is 73.4 cm³/mol. The summed E-state index contributed by atoms with van der Waals surface area (Å²) in [6.07, 6.45) is -4.46. The molecule has 1 aromatic heterocycles. The van der Waals surface area contributed by atoms with Crippen molar-refractivity contribution < 1.29 is 27.2 Å². The lowest BCUT2D eigenvalue weighted by Crippen LogP contribution is -2.35. The van der Waals surface area contributed by atoms with Crippen molar-refractivity contribution in [1.29, 1.82) is 0 Å². The van der Waals surface area contributed by atoms with E-state index in [0.717, 1.165) is 5.39 Å². The van der Waals surface area contributed by atoms with Gasteiger partial charge in [-0.15, -0.1) is 0 Å². The van der Waals surface area contributed by atoms with Crippen molar-refractivity contribution in [3.05, 3.63) is 36.1 Å². The SMILES string of the molecule is C/C(=N/OCC(=O)NCC(F)(F)F)c1cc2ccccc2o1. The number of nitrogens with zero attached hydrogens (tertiary/aromatic N) is 1. The first kappa shape index (κ1) is 15.9. The Labute approximate surface area is 123 Å². The van der Waals surface area contributed by atoms with Crippen LogP contribution in [0.2, 0.25) is 0 Å². The number of oxime groups is 1. The standard InChI is InChI=1S/C14H13F3N2O3/c1-9(12-6-10-4-2-3-5-11(10)22-12)19-21-7-13(20)18-8-14(15,16)17/h2-6H,7-8H2,1H3,(H,18,20)/b19-9-. The quantitative estimate of drug-likeness (QED) is 0.682. The summed E-state index contributed by atoms with van der Waals surface area (Å²) >= 11 is 0. The van der Waals surface area contributed by atoms with Crippen molar-refractivity contribution in [2.45, 2.75) is 13.1 Å². The average Bonchev–Trinajstić information content (AvgIpc) is 2.88. The largest absolute Gasteiger partial charge is 0.455 e. The van der Waals surface area contributed by atoms with E-state index >= 15 is 0 Å². The number of para-hydroxylation sites is 1. The van der Waals surface area contributed by atoms with Gasteiger partial charge >= 0.3 is 6.18 Å². The maximum Gasteiger partial charge on any atom is 0.405 e. The zero-order valence-corrected chi connectivity index (χ0v) is 11.6. The van der Waals surface area contributed by atoms with Gasteiger partial charge in [0.2, 0.25) is 0 Å². The van der Waals surface area contributed by atoms with E-state index in [9.17, 15) is 18.0 Å². The van der Waals surface area contributed by atoms with Crippen LogP contribution in [-0.4, -0.2) is 30.9 Å². The number of carbonyl (C=O) groups is 1. The van der Waals surface area contributed by atoms with E-state index in [-0.39, 0.29) is 0 Å². The summed E-state index contributed by atoms with van der Waals surface area (Å²) in [6, 6.07) is 9.08. The Bertz CT molecular complexity index is 659. The first-order chi connectivity index (χ1) is 10.3. The lowest BCUT2D eigenvalue weighted by molar-refractivity contribution is -0.141. The Balaban J connectivity index is 1.88. The van der Waals surface area contributed by atoms with Gasteiger partial charge < -0.3 is 14.6 Å². The highest BCUT2D eigenvalue weighted by Crippen LogP contribution is 2.19. The van der Waals surface area contributed by atoms with Gasteiger partial charge in [-0.25, -0.2) is 0 Å². The number of amides is 1. The van der Waals surface area contributed by atoms with Crippen molar-refractivity contribution in [3.63, 3.8) is 0 Å². The summed E-state index contributed by atoms with van der Waals surface area (Å²) in [5.41, 5.74) is 1.05. The van der Waals surface area contributed by atoms with Crippen LogP contribution in [0.1, 0.15) is 12.7 Å². The molecule has 0 radical (unpaired) electrons. The fourth-order valence-electron chi connectivity index (χ4n) is 1.64. The van der Waals surface area contributed by atoms with Crippen LogP contribution in [-0.2, 0) is 9.63 Å². The smallest absolute Gasteiger partial charge is 0.405 e. The summed E-state index contributed by atoms with van der Waals surface area (Å²) in [7, 11) is 0. The minimum atomic E-state index is -4.46. The van der Waals surface area contributed by atoms with E-state index in [0.29, 0.717) is 17.1 Å². The Morgan fingerprint density at radius 1 is 1.36 bits per heavy atom. The van der Waals surface area contributed by atoms with E-state index in [1.807, 2.05) is 18.2 Å². The molecule has 0 aliphatic carbocycles. The molecule has 0 unspecified atom stereocenters. The number of halogens is 3. The number of fused-ring (bicyclic) bond motifs is 1. The van der Waals surface area contributed by atoms with Gasteiger partial charge in [0.1, 0.15) is 17.8 Å². The molecular weight excluding hydrogens is 301 g/mol. The highest BCUT2D eigenvalue weighted by molar-refractivity contribution is 5.99. The third-order valence-electron chi connectivity index (χ3n) is 2.67. The van der Waals surface area contributed by atoms with Crippen LogP contribution in [0.4, 0.5) is 13.2 Å². The number of alkyl halides is 3. The highest BCUT2D eigenvalue weighted by Gasteiger charge is 2.27. The highest BCUT2D eigenvalue weighted by atomic mass is 19.4. The maximum absolute atomic E-state index is 11.9. The molecule has 1 heterocycles. The van der Waals surface area contributed by atoms with Crippen LogP contribution < -0.4 is 5.32 Å². The number of furan rings is 1. The minimum absolute atomic E-state index is 0.375. The average molecular weight is 314 g/mol. The summed E-state index contributed by atoms with van der Waals surface area (Å²) < 4.78 is 41.2. The molecule has 118 valence electrons. The lowest BCUT2D eigenvalue weighted by Gasteiger charge is -2.07. The summed E-state index contributed by atoms with van der Waals surface area (Å²) in [5, 5.41) is 6.22. The topological polar surface area (TPSA) is 63.8 Å². The first-order valence-electron chi connectivity index (χ1n) is 6.34. The predicted octanol–water partition coefficient (Wildman–Crippen LogP) is 2.85. The van der Waals surface area contributed by atoms with Gasteiger partial charge in [0.25, 0.3) is 5.91 Å². The van der Waals surface area contributed by atoms with Crippen molar-refractivity contribution in [2.75, 3.05) is 13.2 Å². The van der Waals surface area contributed by atoms with Gasteiger partial charge in [-0.2, -0.15) is 13.2 Å². The van der Waals surface area contributed by atoms with Crippen LogP contribution in [0.15, 0.2) is 39.9 Å². The second-order valence-corrected chi connectivity index (χ2v) is 4.49. The minimum Gasteiger partial charge on any atom is -0.455 e. The number of carbonyl (C=O) groups excluding carboxylic acids is 1. The molecular formula is C14H13F3N2O3. The van der Waals surface area contributed by atoms with Gasteiger partial charge in [-0.3, -0.25) is 4.79 Å².